The van der Waals surface area contributed by atoms with E-state index in [9.17, 15) is 0 Å². The summed E-state index contributed by atoms with van der Waals surface area (Å²) in [6, 6.07) is 10.7. The molecule has 0 radical (unpaired) electrons. The average molecular weight is 412 g/mol. The van der Waals surface area contributed by atoms with Gasteiger partial charge in [-0.1, -0.05) is 30.3 Å². The molecular weight excluding hydrogens is 374 g/mol. The molecule has 0 unspecified atom stereocenters. The van der Waals surface area contributed by atoms with Gasteiger partial charge in [-0.15, -0.1) is 0 Å². The maximum atomic E-state index is 5.73. The zero-order valence-corrected chi connectivity index (χ0v) is 18.8. The molecule has 1 aromatic carbocycles. The summed E-state index contributed by atoms with van der Waals surface area (Å²) in [5, 5.41) is 6.87. The highest BCUT2D eigenvalue weighted by atomic mass is 16.4. The molecule has 1 aliphatic rings. The van der Waals surface area contributed by atoms with Crippen molar-refractivity contribution in [2.45, 2.75) is 53.0 Å². The van der Waals surface area contributed by atoms with Crippen LogP contribution in [0.5, 0.6) is 0 Å². The molecule has 1 saturated heterocycles. The molecule has 0 bridgehead atoms. The van der Waals surface area contributed by atoms with Crippen LogP contribution in [0, 0.1) is 19.8 Å². The largest absolute Gasteiger partial charge is 0.444 e. The fourth-order valence-corrected chi connectivity index (χ4v) is 3.83. The fourth-order valence-electron chi connectivity index (χ4n) is 3.83. The number of guanidine groups is 1. The van der Waals surface area contributed by atoms with Gasteiger partial charge in [0.05, 0.1) is 12.2 Å². The van der Waals surface area contributed by atoms with Crippen LogP contribution in [0.15, 0.2) is 39.7 Å². The van der Waals surface area contributed by atoms with Gasteiger partial charge < -0.3 is 15.1 Å². The molecule has 0 atom stereocenters. The van der Waals surface area contributed by atoms with E-state index >= 15 is 0 Å². The summed E-state index contributed by atoms with van der Waals surface area (Å²) in [5.74, 6) is 3.37. The van der Waals surface area contributed by atoms with Gasteiger partial charge in [0.25, 0.3) is 0 Å². The zero-order chi connectivity index (χ0) is 21.2. The van der Waals surface area contributed by atoms with Crippen molar-refractivity contribution in [1.29, 1.82) is 0 Å². The van der Waals surface area contributed by atoms with E-state index in [1.807, 2.05) is 13.8 Å². The Morgan fingerprint density at radius 2 is 1.93 bits per heavy atom. The number of aromatic nitrogens is 1. The van der Waals surface area contributed by atoms with Crippen LogP contribution < -0.4 is 10.6 Å². The number of rotatable bonds is 9. The summed E-state index contributed by atoms with van der Waals surface area (Å²) >= 11 is 0. The van der Waals surface area contributed by atoms with E-state index in [2.05, 4.69) is 57.8 Å². The fraction of sp³-hybridized carbons (Fsp3) is 0.583. The van der Waals surface area contributed by atoms with Crippen LogP contribution in [-0.2, 0) is 13.0 Å². The Kier molecular flexibility index (Phi) is 8.75. The predicted molar refractivity (Wildman–Crippen MR) is 123 cm³/mol. The highest BCUT2D eigenvalue weighted by Gasteiger charge is 2.20. The van der Waals surface area contributed by atoms with Crippen molar-refractivity contribution in [2.24, 2.45) is 10.9 Å². The number of aryl methyl sites for hydroxylation is 3. The minimum atomic E-state index is 0.647. The standard InChI is InChI=1S/C24H37N5O/c1-4-25-24(26-14-8-11-21-9-6-5-7-10-21)27-17-22-12-15-29(16-13-22)18-23-28-19(2)20(3)30-23/h5-7,9-10,22H,4,8,11-18H2,1-3H3,(H2,25,26,27). The zero-order valence-electron chi connectivity index (χ0n) is 18.8. The average Bonchev–Trinajstić information content (AvgIpc) is 3.07. The number of nitrogens with zero attached hydrogens (tertiary/aromatic N) is 3. The van der Waals surface area contributed by atoms with Gasteiger partial charge in [0.2, 0.25) is 5.89 Å². The molecule has 0 aliphatic carbocycles. The van der Waals surface area contributed by atoms with Gasteiger partial charge in [0, 0.05) is 19.6 Å². The summed E-state index contributed by atoms with van der Waals surface area (Å²) in [6.45, 7) is 11.8. The second kappa shape index (κ2) is 11.7. The number of nitrogens with one attached hydrogen (secondary N) is 2. The van der Waals surface area contributed by atoms with Crippen LogP contribution in [-0.4, -0.2) is 48.6 Å². The van der Waals surface area contributed by atoms with E-state index in [1.165, 1.54) is 18.4 Å². The summed E-state index contributed by atoms with van der Waals surface area (Å²) in [7, 11) is 0. The Labute approximate surface area is 181 Å². The lowest BCUT2D eigenvalue weighted by molar-refractivity contribution is 0.166. The lowest BCUT2D eigenvalue weighted by Crippen LogP contribution is -2.39. The van der Waals surface area contributed by atoms with Gasteiger partial charge in [0.1, 0.15) is 5.76 Å². The van der Waals surface area contributed by atoms with Gasteiger partial charge in [-0.05, 0) is 71.0 Å². The third kappa shape index (κ3) is 7.17. The quantitative estimate of drug-likeness (QED) is 0.374. The van der Waals surface area contributed by atoms with Crippen LogP contribution in [0.3, 0.4) is 0 Å². The first kappa shape index (κ1) is 22.3. The number of piperidine rings is 1. The molecule has 2 N–H and O–H groups in total. The highest BCUT2D eigenvalue weighted by molar-refractivity contribution is 5.79. The van der Waals surface area contributed by atoms with E-state index < -0.39 is 0 Å². The maximum absolute atomic E-state index is 5.73. The highest BCUT2D eigenvalue weighted by Crippen LogP contribution is 2.20. The van der Waals surface area contributed by atoms with Gasteiger partial charge in [-0.2, -0.15) is 0 Å². The summed E-state index contributed by atoms with van der Waals surface area (Å²) < 4.78 is 5.73. The van der Waals surface area contributed by atoms with Crippen LogP contribution in [0.2, 0.25) is 0 Å². The molecule has 2 aromatic rings. The second-order valence-corrected chi connectivity index (χ2v) is 8.20. The van der Waals surface area contributed by atoms with Crippen molar-refractivity contribution in [1.82, 2.24) is 20.5 Å². The van der Waals surface area contributed by atoms with Gasteiger partial charge in [-0.3, -0.25) is 9.89 Å². The van der Waals surface area contributed by atoms with Crippen LogP contribution >= 0.6 is 0 Å². The van der Waals surface area contributed by atoms with Crippen LogP contribution in [0.25, 0.3) is 0 Å². The molecule has 164 valence electrons. The lowest BCUT2D eigenvalue weighted by Gasteiger charge is -2.30. The Hall–Kier alpha value is -2.34. The van der Waals surface area contributed by atoms with E-state index in [-0.39, 0.29) is 0 Å². The SMILES string of the molecule is CCNC(=NCC1CCN(Cc2nc(C)c(C)o2)CC1)NCCCc1ccccc1. The monoisotopic (exact) mass is 411 g/mol. The predicted octanol–water partition coefficient (Wildman–Crippen LogP) is 3.69. The van der Waals surface area contributed by atoms with Gasteiger partial charge in [-0.25, -0.2) is 4.98 Å². The van der Waals surface area contributed by atoms with Gasteiger partial charge in [0.15, 0.2) is 5.96 Å². The second-order valence-electron chi connectivity index (χ2n) is 8.20. The summed E-state index contributed by atoms with van der Waals surface area (Å²) in [4.78, 5) is 11.8. The number of likely N-dealkylation sites (tertiary alicyclic amines) is 1. The van der Waals surface area contributed by atoms with Crippen molar-refractivity contribution in [2.75, 3.05) is 32.7 Å². The van der Waals surface area contributed by atoms with Gasteiger partial charge >= 0.3 is 0 Å². The van der Waals surface area contributed by atoms with E-state index in [4.69, 9.17) is 9.41 Å². The minimum Gasteiger partial charge on any atom is -0.444 e. The number of oxazole rings is 1. The molecule has 2 heterocycles. The first-order chi connectivity index (χ1) is 14.6. The molecule has 30 heavy (non-hydrogen) atoms. The number of aliphatic imine (C=N–C) groups is 1. The number of benzene rings is 1. The molecule has 3 rings (SSSR count). The normalized spacial score (nSPS) is 16.0. The Morgan fingerprint density at radius 3 is 2.60 bits per heavy atom. The Balaban J connectivity index is 1.37. The topological polar surface area (TPSA) is 65.7 Å². The first-order valence-corrected chi connectivity index (χ1v) is 11.4. The smallest absolute Gasteiger partial charge is 0.208 e. The molecular formula is C24H37N5O. The number of hydrogen-bond acceptors (Lipinski definition) is 4. The third-order valence-corrected chi connectivity index (χ3v) is 5.77. The van der Waals surface area contributed by atoms with E-state index in [1.54, 1.807) is 0 Å². The molecule has 6 heteroatoms. The molecule has 0 spiro atoms. The Bertz CT molecular complexity index is 759. The molecule has 1 aliphatic heterocycles. The van der Waals surface area contributed by atoms with Crippen LogP contribution in [0.4, 0.5) is 0 Å². The third-order valence-electron chi connectivity index (χ3n) is 5.77. The van der Waals surface area contributed by atoms with Crippen molar-refractivity contribution in [3.05, 3.63) is 53.2 Å². The summed E-state index contributed by atoms with van der Waals surface area (Å²) in [6.07, 6.45) is 4.55. The molecule has 6 nitrogen and oxygen atoms in total. The van der Waals surface area contributed by atoms with Crippen molar-refractivity contribution < 1.29 is 4.42 Å². The molecule has 1 aromatic heterocycles. The van der Waals surface area contributed by atoms with Crippen molar-refractivity contribution in [3.63, 3.8) is 0 Å². The first-order valence-electron chi connectivity index (χ1n) is 11.4. The van der Waals surface area contributed by atoms with E-state index in [0.29, 0.717) is 5.92 Å². The maximum Gasteiger partial charge on any atom is 0.208 e. The van der Waals surface area contributed by atoms with Crippen molar-refractivity contribution >= 4 is 5.96 Å². The molecule has 1 fully saturated rings. The summed E-state index contributed by atoms with van der Waals surface area (Å²) in [5.41, 5.74) is 2.39. The molecule has 0 saturated carbocycles. The molecule has 0 amide bonds. The minimum absolute atomic E-state index is 0.647. The van der Waals surface area contributed by atoms with Crippen LogP contribution in [0.1, 0.15) is 49.1 Å². The number of hydrogen-bond donors (Lipinski definition) is 2. The Morgan fingerprint density at radius 1 is 1.17 bits per heavy atom. The van der Waals surface area contributed by atoms with E-state index in [0.717, 1.165) is 75.4 Å². The van der Waals surface area contributed by atoms with Crippen molar-refractivity contribution in [3.8, 4) is 0 Å². The lowest BCUT2D eigenvalue weighted by atomic mass is 9.97.